The minimum absolute atomic E-state index is 0.237. The summed E-state index contributed by atoms with van der Waals surface area (Å²) in [6.07, 6.45) is 3.70. The molecule has 0 aliphatic rings. The third kappa shape index (κ3) is 2.67. The molecule has 0 aliphatic carbocycles. The minimum Gasteiger partial charge on any atom is -0.469 e. The highest BCUT2D eigenvalue weighted by Crippen LogP contribution is 2.15. The molecule has 1 rings (SSSR count). The molecule has 0 spiro atoms. The van der Waals surface area contributed by atoms with E-state index in [-0.39, 0.29) is 12.4 Å². The van der Waals surface area contributed by atoms with Gasteiger partial charge in [0.05, 0.1) is 19.2 Å². The first kappa shape index (κ1) is 9.85. The molecule has 1 aromatic rings. The van der Waals surface area contributed by atoms with Crippen LogP contribution >= 0.6 is 30.3 Å². The van der Waals surface area contributed by atoms with Crippen LogP contribution in [0.1, 0.15) is 5.69 Å². The molecule has 4 nitrogen and oxygen atoms in total. The summed E-state index contributed by atoms with van der Waals surface area (Å²) in [6.45, 7) is 0. The first-order valence-corrected chi connectivity index (χ1v) is 6.46. The maximum Gasteiger partial charge on any atom is 0.311 e. The zero-order valence-corrected chi connectivity index (χ0v) is 9.33. The Balaban J connectivity index is 2.58. The lowest BCUT2D eigenvalue weighted by Gasteiger charge is -1.93. The molecule has 0 amide bonds. The Hall–Kier alpha value is -0.240. The molecule has 0 N–H and O–H groups in total. The van der Waals surface area contributed by atoms with Gasteiger partial charge in [0.15, 0.2) is 0 Å². The number of nitrogens with zero attached hydrogens (tertiary/aromatic N) is 2. The number of imidazole rings is 1. The van der Waals surface area contributed by atoms with Crippen molar-refractivity contribution in [3.8, 4) is 0 Å². The fourth-order valence-corrected chi connectivity index (χ4v) is 1.58. The van der Waals surface area contributed by atoms with Crippen molar-refractivity contribution >= 4 is 36.3 Å². The molecular formula is C6H7IN2O2S. The Morgan fingerprint density at radius 1 is 1.92 bits per heavy atom. The van der Waals surface area contributed by atoms with E-state index in [1.807, 2.05) is 3.97 Å². The molecule has 0 saturated carbocycles. The van der Waals surface area contributed by atoms with Gasteiger partial charge in [0.25, 0.3) is 0 Å². The fourth-order valence-electron chi connectivity index (χ4n) is 0.694. The fraction of sp³-hybridized carbons (Fsp3) is 0.333. The zero-order chi connectivity index (χ0) is 8.97. The number of aromatic nitrogens is 2. The van der Waals surface area contributed by atoms with Crippen molar-refractivity contribution in [1.82, 2.24) is 8.96 Å². The topological polar surface area (TPSA) is 44.1 Å². The molecule has 12 heavy (non-hydrogen) atoms. The molecule has 0 radical (unpaired) electrons. The third-order valence-electron chi connectivity index (χ3n) is 1.25. The molecule has 0 aliphatic heterocycles. The van der Waals surface area contributed by atoms with Crippen molar-refractivity contribution in [1.29, 1.82) is 0 Å². The van der Waals surface area contributed by atoms with Crippen LogP contribution < -0.4 is 0 Å². The van der Waals surface area contributed by atoms with Gasteiger partial charge in [0.2, 0.25) is 0 Å². The van der Waals surface area contributed by atoms with Gasteiger partial charge in [-0.2, -0.15) is 0 Å². The van der Waals surface area contributed by atoms with Gasteiger partial charge in [0, 0.05) is 36.5 Å². The summed E-state index contributed by atoms with van der Waals surface area (Å²) in [6, 6.07) is 0. The highest BCUT2D eigenvalue weighted by atomic mass is 127. The second-order valence-corrected chi connectivity index (χ2v) is 3.79. The van der Waals surface area contributed by atoms with Crippen molar-refractivity contribution in [2.24, 2.45) is 0 Å². The Morgan fingerprint density at radius 3 is 3.17 bits per heavy atom. The van der Waals surface area contributed by atoms with E-state index in [2.05, 4.69) is 30.9 Å². The average Bonchev–Trinajstić information content (AvgIpc) is 2.52. The van der Waals surface area contributed by atoms with Crippen LogP contribution in [-0.4, -0.2) is 22.0 Å². The van der Waals surface area contributed by atoms with Gasteiger partial charge in [-0.1, -0.05) is 0 Å². The van der Waals surface area contributed by atoms with Crippen LogP contribution in [0.25, 0.3) is 0 Å². The lowest BCUT2D eigenvalue weighted by atomic mass is 10.3. The summed E-state index contributed by atoms with van der Waals surface area (Å²) in [7, 11) is 2.86. The van der Waals surface area contributed by atoms with Crippen LogP contribution in [0.4, 0.5) is 0 Å². The van der Waals surface area contributed by atoms with Crippen LogP contribution in [0.15, 0.2) is 12.5 Å². The van der Waals surface area contributed by atoms with Crippen molar-refractivity contribution < 1.29 is 9.53 Å². The number of esters is 1. The molecule has 0 aromatic carbocycles. The van der Waals surface area contributed by atoms with Gasteiger partial charge < -0.3 is 4.74 Å². The number of hydrogen-bond acceptors (Lipinski definition) is 4. The number of halogens is 1. The predicted molar refractivity (Wildman–Crippen MR) is 55.0 cm³/mol. The third-order valence-corrected chi connectivity index (χ3v) is 2.97. The van der Waals surface area contributed by atoms with Crippen molar-refractivity contribution in [3.63, 3.8) is 0 Å². The van der Waals surface area contributed by atoms with Crippen LogP contribution in [0.5, 0.6) is 0 Å². The largest absolute Gasteiger partial charge is 0.469 e. The van der Waals surface area contributed by atoms with Gasteiger partial charge >= 0.3 is 5.97 Å². The van der Waals surface area contributed by atoms with Gasteiger partial charge in [-0.3, -0.25) is 8.77 Å². The molecule has 1 heterocycles. The van der Waals surface area contributed by atoms with E-state index in [1.165, 1.54) is 16.2 Å². The summed E-state index contributed by atoms with van der Waals surface area (Å²) >= 11 is 2.13. The van der Waals surface area contributed by atoms with Gasteiger partial charge in [-0.25, -0.2) is 4.98 Å². The Morgan fingerprint density at radius 2 is 2.67 bits per heavy atom. The second kappa shape index (κ2) is 4.70. The SMILES string of the molecule is COC(=O)Cc1cn(SI)cn1. The lowest BCUT2D eigenvalue weighted by molar-refractivity contribution is -0.139. The number of rotatable bonds is 3. The Kier molecular flexibility index (Phi) is 3.86. The van der Waals surface area contributed by atoms with E-state index >= 15 is 0 Å². The first-order chi connectivity index (χ1) is 5.76. The highest BCUT2D eigenvalue weighted by molar-refractivity contribution is 14.2. The van der Waals surface area contributed by atoms with Crippen molar-refractivity contribution in [2.45, 2.75) is 6.42 Å². The molecule has 0 atom stereocenters. The number of methoxy groups -OCH3 is 1. The summed E-state index contributed by atoms with van der Waals surface area (Å²) in [5.41, 5.74) is 0.728. The molecular weight excluding hydrogens is 291 g/mol. The molecule has 0 fully saturated rings. The maximum atomic E-state index is 10.8. The second-order valence-electron chi connectivity index (χ2n) is 2.05. The molecule has 66 valence electrons. The summed E-state index contributed by atoms with van der Waals surface area (Å²) in [4.78, 5) is 14.8. The van der Waals surface area contributed by atoms with E-state index in [4.69, 9.17) is 0 Å². The molecule has 6 heteroatoms. The normalized spacial score (nSPS) is 9.83. The number of carbonyl (C=O) groups excluding carboxylic acids is 1. The maximum absolute atomic E-state index is 10.8. The van der Waals surface area contributed by atoms with Crippen LogP contribution in [0, 0.1) is 0 Å². The van der Waals surface area contributed by atoms with Gasteiger partial charge in [-0.05, 0) is 0 Å². The van der Waals surface area contributed by atoms with E-state index in [9.17, 15) is 4.79 Å². The van der Waals surface area contributed by atoms with Gasteiger partial charge in [0.1, 0.15) is 6.33 Å². The van der Waals surface area contributed by atoms with E-state index in [0.29, 0.717) is 0 Å². The highest BCUT2D eigenvalue weighted by Gasteiger charge is 2.05. The Bertz CT molecular complexity index is 276. The Labute approximate surface area is 86.4 Å². The van der Waals surface area contributed by atoms with Crippen LogP contribution in [-0.2, 0) is 16.0 Å². The predicted octanol–water partition coefficient (Wildman–Crippen LogP) is 1.44. The zero-order valence-electron chi connectivity index (χ0n) is 6.36. The number of carbonyl (C=O) groups is 1. The van der Waals surface area contributed by atoms with Gasteiger partial charge in [-0.15, -0.1) is 0 Å². The lowest BCUT2D eigenvalue weighted by Crippen LogP contribution is -2.04. The average molecular weight is 298 g/mol. The van der Waals surface area contributed by atoms with Crippen LogP contribution in [0.2, 0.25) is 0 Å². The molecule has 0 bridgehead atoms. The number of ether oxygens (including phenoxy) is 1. The number of hydrogen-bond donors (Lipinski definition) is 0. The first-order valence-electron chi connectivity index (χ1n) is 3.15. The monoisotopic (exact) mass is 298 g/mol. The van der Waals surface area contributed by atoms with Crippen molar-refractivity contribution in [2.75, 3.05) is 7.11 Å². The van der Waals surface area contributed by atoms with E-state index in [0.717, 1.165) is 5.69 Å². The molecule has 1 aromatic heterocycles. The van der Waals surface area contributed by atoms with E-state index in [1.54, 1.807) is 12.5 Å². The quantitative estimate of drug-likeness (QED) is 0.626. The van der Waals surface area contributed by atoms with E-state index < -0.39 is 0 Å². The van der Waals surface area contributed by atoms with Crippen LogP contribution in [0.3, 0.4) is 0 Å². The summed E-state index contributed by atoms with van der Waals surface area (Å²) in [5.74, 6) is -0.265. The standard InChI is InChI=1S/C6H7IN2O2S/c1-11-6(10)2-5-3-9(12-7)4-8-5/h3-4H,2H2,1H3. The minimum atomic E-state index is -0.265. The summed E-state index contributed by atoms with van der Waals surface area (Å²) < 4.78 is 6.32. The molecule has 0 saturated heterocycles. The smallest absolute Gasteiger partial charge is 0.311 e. The summed E-state index contributed by atoms with van der Waals surface area (Å²) in [5, 5.41) is 0. The van der Waals surface area contributed by atoms with Crippen molar-refractivity contribution in [3.05, 3.63) is 18.2 Å². The molecule has 0 unspecified atom stereocenters.